The van der Waals surface area contributed by atoms with Crippen LogP contribution in [0.15, 0.2) is 108 Å². The van der Waals surface area contributed by atoms with Crippen molar-refractivity contribution in [2.45, 2.75) is 0 Å². The molecule has 0 bridgehead atoms. The summed E-state index contributed by atoms with van der Waals surface area (Å²) in [4.78, 5) is 24.6. The van der Waals surface area contributed by atoms with E-state index >= 15 is 0 Å². The Hall–Kier alpha value is -4.87. The number of hydrogen-bond donors (Lipinski definition) is 2. The quantitative estimate of drug-likeness (QED) is 0.171. The van der Waals surface area contributed by atoms with Gasteiger partial charge in [0.15, 0.2) is 6.61 Å². The van der Waals surface area contributed by atoms with Crippen molar-refractivity contribution in [3.63, 3.8) is 0 Å². The fourth-order valence-electron chi connectivity index (χ4n) is 3.61. The van der Waals surface area contributed by atoms with Crippen molar-refractivity contribution in [3.8, 4) is 17.2 Å². The number of ether oxygens (including phenoxy) is 2. The van der Waals surface area contributed by atoms with Crippen LogP contribution in [0.1, 0.15) is 5.56 Å². The predicted octanol–water partition coefficient (Wildman–Crippen LogP) is 5.07. The second-order valence-corrected chi connectivity index (χ2v) is 11.2. The normalized spacial score (nSPS) is 11.1. The van der Waals surface area contributed by atoms with Crippen molar-refractivity contribution >= 4 is 51.0 Å². The van der Waals surface area contributed by atoms with E-state index in [0.717, 1.165) is 10.6 Å². The summed E-state index contributed by atoms with van der Waals surface area (Å²) in [7, 11) is -3.77. The van der Waals surface area contributed by atoms with Gasteiger partial charge in [0.1, 0.15) is 23.8 Å². The third-order valence-corrected chi connectivity index (χ3v) is 6.93. The highest BCUT2D eigenvalue weighted by molar-refractivity contribution is 7.92. The van der Waals surface area contributed by atoms with E-state index in [0.29, 0.717) is 39.2 Å². The van der Waals surface area contributed by atoms with Crippen LogP contribution >= 0.6 is 11.6 Å². The van der Waals surface area contributed by atoms with E-state index in [1.165, 1.54) is 6.21 Å². The highest BCUT2D eigenvalue weighted by atomic mass is 35.5. The molecule has 0 heterocycles. The van der Waals surface area contributed by atoms with E-state index in [1.54, 1.807) is 84.9 Å². The Morgan fingerprint density at radius 1 is 0.857 bits per heavy atom. The molecule has 0 atom stereocenters. The molecule has 4 aromatic carbocycles. The third-order valence-electron chi connectivity index (χ3n) is 5.55. The minimum absolute atomic E-state index is 0.199. The van der Waals surface area contributed by atoms with Gasteiger partial charge in [-0.15, -0.1) is 0 Å². The van der Waals surface area contributed by atoms with Crippen molar-refractivity contribution < 1.29 is 27.5 Å². The third kappa shape index (κ3) is 9.36. The lowest BCUT2D eigenvalue weighted by Crippen LogP contribution is -2.38. The van der Waals surface area contributed by atoms with Crippen molar-refractivity contribution in [1.29, 1.82) is 0 Å². The van der Waals surface area contributed by atoms with Crippen LogP contribution in [0.2, 0.25) is 5.02 Å². The van der Waals surface area contributed by atoms with Crippen LogP contribution in [0.25, 0.3) is 0 Å². The maximum Gasteiger partial charge on any atom is 0.262 e. The first-order valence-electron chi connectivity index (χ1n) is 12.6. The number of halogens is 1. The topological polar surface area (TPSA) is 126 Å². The van der Waals surface area contributed by atoms with Crippen LogP contribution in [0.5, 0.6) is 17.2 Å². The van der Waals surface area contributed by atoms with E-state index in [2.05, 4.69) is 15.8 Å². The maximum atomic E-state index is 12.5. The first-order valence-corrected chi connectivity index (χ1v) is 14.8. The fourth-order valence-corrected chi connectivity index (χ4v) is 4.66. The lowest BCUT2D eigenvalue weighted by molar-refractivity contribution is -0.119. The Balaban J connectivity index is 1.27. The molecule has 4 aromatic rings. The van der Waals surface area contributed by atoms with Crippen LogP contribution in [0.3, 0.4) is 0 Å². The first kappa shape index (κ1) is 30.1. The van der Waals surface area contributed by atoms with Crippen LogP contribution < -0.4 is 24.5 Å². The lowest BCUT2D eigenvalue weighted by Gasteiger charge is -2.21. The van der Waals surface area contributed by atoms with Gasteiger partial charge in [-0.05, 0) is 84.4 Å². The van der Waals surface area contributed by atoms with E-state index in [4.69, 9.17) is 21.1 Å². The number of hydrogen-bond acceptors (Lipinski definition) is 7. The summed E-state index contributed by atoms with van der Waals surface area (Å²) < 4.78 is 37.0. The van der Waals surface area contributed by atoms with Crippen LogP contribution in [0.4, 0.5) is 11.4 Å². The minimum Gasteiger partial charge on any atom is -0.484 e. The first-order chi connectivity index (χ1) is 20.2. The summed E-state index contributed by atoms with van der Waals surface area (Å²) in [5.41, 5.74) is 3.84. The number of sulfonamides is 1. The molecule has 0 spiro atoms. The summed E-state index contributed by atoms with van der Waals surface area (Å²) in [6.07, 6.45) is 2.41. The Morgan fingerprint density at radius 2 is 1.52 bits per heavy atom. The average molecular weight is 607 g/mol. The van der Waals surface area contributed by atoms with Gasteiger partial charge in [0.2, 0.25) is 10.0 Å². The number of carbonyl (C=O) groups excluding carboxylic acids is 2. The summed E-state index contributed by atoms with van der Waals surface area (Å²) in [6.45, 7) is -0.672. The highest BCUT2D eigenvalue weighted by Gasteiger charge is 2.21. The summed E-state index contributed by atoms with van der Waals surface area (Å²) in [6, 6.07) is 28.9. The molecule has 0 radical (unpaired) electrons. The number of hydrazone groups is 1. The summed E-state index contributed by atoms with van der Waals surface area (Å²) in [5.74, 6) is 0.644. The number of amides is 2. The zero-order chi connectivity index (χ0) is 30.0. The molecule has 0 saturated carbocycles. The van der Waals surface area contributed by atoms with Gasteiger partial charge in [0.05, 0.1) is 18.2 Å². The standard InChI is InChI=1S/C30H27ClN4O6S/c1-42(38,39)35(25-12-16-28(17-13-25)41-27-8-3-2-4-9-27)20-29(36)34-32-19-22-10-14-26(15-11-22)40-21-30(37)33-24-7-5-6-23(31)18-24/h2-19H,20-21H2,1H3,(H,33,37)(H,34,36)/b32-19-. The SMILES string of the molecule is CS(=O)(=O)N(CC(=O)N/N=C\c1ccc(OCC(=O)Nc2cccc(Cl)c2)cc1)c1ccc(Oc2ccccc2)cc1. The number of para-hydroxylation sites is 1. The molecule has 2 amide bonds. The number of nitrogens with zero attached hydrogens (tertiary/aromatic N) is 2. The molecule has 0 aromatic heterocycles. The Morgan fingerprint density at radius 3 is 2.19 bits per heavy atom. The Kier molecular flexibility index (Phi) is 10.1. The molecule has 0 saturated heterocycles. The molecule has 4 rings (SSSR count). The second-order valence-electron chi connectivity index (χ2n) is 8.89. The van der Waals surface area contributed by atoms with Crippen molar-refractivity contribution in [2.24, 2.45) is 5.10 Å². The molecule has 0 aliphatic carbocycles. The molecule has 216 valence electrons. The van der Waals surface area contributed by atoms with Gasteiger partial charge >= 0.3 is 0 Å². The second kappa shape index (κ2) is 14.2. The van der Waals surface area contributed by atoms with Gasteiger partial charge in [0.25, 0.3) is 11.8 Å². The Labute approximate surface area is 248 Å². The molecular formula is C30H27ClN4O6S. The molecule has 42 heavy (non-hydrogen) atoms. The van der Waals surface area contributed by atoms with Crippen LogP contribution in [-0.4, -0.2) is 45.9 Å². The van der Waals surface area contributed by atoms with E-state index in [9.17, 15) is 18.0 Å². The van der Waals surface area contributed by atoms with Crippen LogP contribution in [0, 0.1) is 0 Å². The number of rotatable bonds is 12. The average Bonchev–Trinajstić information content (AvgIpc) is 2.96. The zero-order valence-electron chi connectivity index (χ0n) is 22.4. The lowest BCUT2D eigenvalue weighted by atomic mass is 10.2. The molecule has 0 fully saturated rings. The molecule has 2 N–H and O–H groups in total. The Bertz CT molecular complexity index is 1650. The molecule has 0 aliphatic heterocycles. The number of anilines is 2. The molecule has 0 aliphatic rings. The largest absolute Gasteiger partial charge is 0.484 e. The minimum atomic E-state index is -3.77. The van der Waals surface area contributed by atoms with Crippen LogP contribution in [-0.2, 0) is 19.6 Å². The van der Waals surface area contributed by atoms with Crippen molar-refractivity contribution in [2.75, 3.05) is 29.0 Å². The smallest absolute Gasteiger partial charge is 0.262 e. The van der Waals surface area contributed by atoms with E-state index in [1.807, 2.05) is 18.2 Å². The molecule has 12 heteroatoms. The predicted molar refractivity (Wildman–Crippen MR) is 163 cm³/mol. The molecule has 0 unspecified atom stereocenters. The van der Waals surface area contributed by atoms with Gasteiger partial charge in [-0.2, -0.15) is 5.10 Å². The van der Waals surface area contributed by atoms with Gasteiger partial charge in [-0.3, -0.25) is 13.9 Å². The zero-order valence-corrected chi connectivity index (χ0v) is 24.0. The highest BCUT2D eigenvalue weighted by Crippen LogP contribution is 2.25. The van der Waals surface area contributed by atoms with Crippen molar-refractivity contribution in [3.05, 3.63) is 114 Å². The van der Waals surface area contributed by atoms with E-state index < -0.39 is 22.5 Å². The summed E-state index contributed by atoms with van der Waals surface area (Å²) >= 11 is 5.91. The van der Waals surface area contributed by atoms with Gasteiger partial charge in [-0.1, -0.05) is 35.9 Å². The molecule has 10 nitrogen and oxygen atoms in total. The molecular weight excluding hydrogens is 580 g/mol. The van der Waals surface area contributed by atoms with Crippen molar-refractivity contribution in [1.82, 2.24) is 5.43 Å². The van der Waals surface area contributed by atoms with E-state index in [-0.39, 0.29) is 12.5 Å². The fraction of sp³-hybridized carbons (Fsp3) is 0.100. The number of carbonyl (C=O) groups is 2. The van der Waals surface area contributed by atoms with Gasteiger partial charge in [-0.25, -0.2) is 13.8 Å². The summed E-state index contributed by atoms with van der Waals surface area (Å²) in [5, 5.41) is 7.11. The number of nitrogens with one attached hydrogen (secondary N) is 2. The monoisotopic (exact) mass is 606 g/mol. The maximum absolute atomic E-state index is 12.5. The van der Waals surface area contributed by atoms with Gasteiger partial charge in [0, 0.05) is 10.7 Å². The van der Waals surface area contributed by atoms with Gasteiger partial charge < -0.3 is 14.8 Å². The number of benzene rings is 4.